The summed E-state index contributed by atoms with van der Waals surface area (Å²) in [6, 6.07) is 0. The largest absolute Gasteiger partial charge is 0.410 e. The van der Waals surface area contributed by atoms with E-state index in [2.05, 4.69) is 12.0 Å². The second kappa shape index (κ2) is 6.11. The molecular formula is C10H18N4O4S. The van der Waals surface area contributed by atoms with Crippen LogP contribution in [0.4, 0.5) is 5.82 Å². The van der Waals surface area contributed by atoms with E-state index in [1.54, 1.807) is 0 Å². The topological polar surface area (TPSA) is 121 Å². The highest BCUT2D eigenvalue weighted by molar-refractivity contribution is 7.89. The molecule has 0 amide bonds. The molecule has 108 valence electrons. The second-order valence-corrected chi connectivity index (χ2v) is 5.82. The lowest BCUT2D eigenvalue weighted by molar-refractivity contribution is -0.392. The fourth-order valence-corrected chi connectivity index (χ4v) is 2.76. The van der Waals surface area contributed by atoms with Crippen LogP contribution in [0.3, 0.4) is 0 Å². The van der Waals surface area contributed by atoms with Crippen molar-refractivity contribution in [1.82, 2.24) is 9.78 Å². The lowest BCUT2D eigenvalue weighted by Gasteiger charge is -2.00. The van der Waals surface area contributed by atoms with E-state index in [4.69, 9.17) is 5.14 Å². The maximum absolute atomic E-state index is 11.4. The van der Waals surface area contributed by atoms with Gasteiger partial charge in [-0.15, -0.1) is 0 Å². The van der Waals surface area contributed by atoms with E-state index in [1.165, 1.54) is 11.6 Å². The fourth-order valence-electron chi connectivity index (χ4n) is 1.87. The van der Waals surface area contributed by atoms with Crippen LogP contribution in [0.15, 0.2) is 4.90 Å². The zero-order valence-corrected chi connectivity index (χ0v) is 11.8. The molecule has 1 aromatic heterocycles. The normalized spacial score (nSPS) is 11.7. The van der Waals surface area contributed by atoms with Crippen LogP contribution in [0.5, 0.6) is 0 Å². The third-order valence-electron chi connectivity index (χ3n) is 2.82. The molecule has 0 saturated heterocycles. The summed E-state index contributed by atoms with van der Waals surface area (Å²) in [4.78, 5) is 9.50. The van der Waals surface area contributed by atoms with Crippen molar-refractivity contribution in [3.8, 4) is 0 Å². The molecule has 0 bridgehead atoms. The Labute approximate surface area is 111 Å². The smallest absolute Gasteiger partial charge is 0.358 e. The second-order valence-electron chi connectivity index (χ2n) is 4.32. The SMILES string of the molecule is CCCCCCn1nc([N+](=O)[O-])c(S(N)(=O)=O)c1C. The van der Waals surface area contributed by atoms with Crippen molar-refractivity contribution in [2.75, 3.05) is 0 Å². The Morgan fingerprint density at radius 2 is 2.00 bits per heavy atom. The quantitative estimate of drug-likeness (QED) is 0.461. The number of nitrogens with zero attached hydrogens (tertiary/aromatic N) is 3. The Bertz CT molecular complexity index is 564. The van der Waals surface area contributed by atoms with Gasteiger partial charge in [-0.2, -0.15) is 4.68 Å². The highest BCUT2D eigenvalue weighted by Gasteiger charge is 2.32. The molecule has 0 aliphatic carbocycles. The molecule has 0 aliphatic heterocycles. The van der Waals surface area contributed by atoms with Crippen molar-refractivity contribution >= 4 is 15.8 Å². The number of aromatic nitrogens is 2. The van der Waals surface area contributed by atoms with Crippen molar-refractivity contribution in [2.24, 2.45) is 5.14 Å². The maximum Gasteiger partial charge on any atom is 0.410 e. The van der Waals surface area contributed by atoms with Crippen LogP contribution in [-0.2, 0) is 16.6 Å². The summed E-state index contributed by atoms with van der Waals surface area (Å²) in [5.74, 6) is -0.699. The number of hydrogen-bond donors (Lipinski definition) is 1. The molecule has 1 aromatic rings. The molecule has 0 radical (unpaired) electrons. The molecule has 0 aromatic carbocycles. The molecule has 1 rings (SSSR count). The average Bonchev–Trinajstić information content (AvgIpc) is 2.62. The Hall–Kier alpha value is -1.48. The minimum absolute atomic E-state index is 0.214. The summed E-state index contributed by atoms with van der Waals surface area (Å²) >= 11 is 0. The van der Waals surface area contributed by atoms with Gasteiger partial charge in [-0.25, -0.2) is 13.6 Å². The van der Waals surface area contributed by atoms with E-state index >= 15 is 0 Å². The molecule has 0 saturated carbocycles. The number of nitrogens with two attached hydrogens (primary N) is 1. The highest BCUT2D eigenvalue weighted by atomic mass is 32.2. The first-order valence-electron chi connectivity index (χ1n) is 6.03. The number of hydrogen-bond acceptors (Lipinski definition) is 5. The first kappa shape index (κ1) is 15.6. The molecular weight excluding hydrogens is 272 g/mol. The van der Waals surface area contributed by atoms with Gasteiger partial charge < -0.3 is 10.1 Å². The van der Waals surface area contributed by atoms with Crippen molar-refractivity contribution < 1.29 is 13.3 Å². The maximum atomic E-state index is 11.4. The van der Waals surface area contributed by atoms with Crippen molar-refractivity contribution in [3.05, 3.63) is 15.8 Å². The van der Waals surface area contributed by atoms with Gasteiger partial charge in [0.25, 0.3) is 0 Å². The molecule has 0 fully saturated rings. The number of primary sulfonamides is 1. The van der Waals surface area contributed by atoms with E-state index in [0.717, 1.165) is 25.7 Å². The lowest BCUT2D eigenvalue weighted by Crippen LogP contribution is -2.15. The molecule has 0 aliphatic rings. The molecule has 2 N–H and O–H groups in total. The number of nitro groups is 1. The number of sulfonamides is 1. The Morgan fingerprint density at radius 1 is 1.37 bits per heavy atom. The van der Waals surface area contributed by atoms with Crippen molar-refractivity contribution in [1.29, 1.82) is 0 Å². The Morgan fingerprint density at radius 3 is 2.42 bits per heavy atom. The minimum Gasteiger partial charge on any atom is -0.358 e. The van der Waals surface area contributed by atoms with Gasteiger partial charge in [0, 0.05) is 0 Å². The van der Waals surface area contributed by atoms with Gasteiger partial charge in [0.05, 0.1) is 17.3 Å². The van der Waals surface area contributed by atoms with Crippen LogP contribution in [-0.4, -0.2) is 23.1 Å². The van der Waals surface area contributed by atoms with E-state index in [-0.39, 0.29) is 5.69 Å². The van der Waals surface area contributed by atoms with E-state index < -0.39 is 25.7 Å². The van der Waals surface area contributed by atoms with Crippen LogP contribution >= 0.6 is 0 Å². The lowest BCUT2D eigenvalue weighted by atomic mass is 10.2. The average molecular weight is 290 g/mol. The van der Waals surface area contributed by atoms with E-state index in [1.807, 2.05) is 0 Å². The summed E-state index contributed by atoms with van der Waals surface area (Å²) in [6.45, 7) is 3.99. The molecule has 8 nitrogen and oxygen atoms in total. The molecule has 1 heterocycles. The molecule has 0 spiro atoms. The van der Waals surface area contributed by atoms with Crippen LogP contribution < -0.4 is 5.14 Å². The first-order chi connectivity index (χ1) is 8.79. The first-order valence-corrected chi connectivity index (χ1v) is 7.58. The summed E-state index contributed by atoms with van der Waals surface area (Å²) in [6.07, 6.45) is 3.89. The number of rotatable bonds is 7. The number of aryl methyl sites for hydroxylation is 1. The van der Waals surface area contributed by atoms with Crippen LogP contribution in [0, 0.1) is 17.0 Å². The van der Waals surface area contributed by atoms with Crippen molar-refractivity contribution in [3.63, 3.8) is 0 Å². The standard InChI is InChI=1S/C10H18N4O4S/c1-3-4-5-6-7-13-8(2)9(19(11,17)18)10(12-13)14(15)16/h3-7H2,1-2H3,(H2,11,17,18). The highest BCUT2D eigenvalue weighted by Crippen LogP contribution is 2.25. The van der Waals surface area contributed by atoms with Gasteiger partial charge >= 0.3 is 5.82 Å². The zero-order valence-electron chi connectivity index (χ0n) is 11.0. The summed E-state index contributed by atoms with van der Waals surface area (Å²) in [7, 11) is -4.15. The van der Waals surface area contributed by atoms with E-state index in [0.29, 0.717) is 6.54 Å². The fraction of sp³-hybridized carbons (Fsp3) is 0.700. The Kier molecular flexibility index (Phi) is 5.01. The van der Waals surface area contributed by atoms with Gasteiger partial charge in [0.1, 0.15) is 0 Å². The minimum atomic E-state index is -4.15. The van der Waals surface area contributed by atoms with Gasteiger partial charge in [-0.3, -0.25) is 0 Å². The van der Waals surface area contributed by atoms with Gasteiger partial charge in [0.2, 0.25) is 14.9 Å². The predicted octanol–water partition coefficient (Wildman–Crippen LogP) is 1.33. The molecule has 0 atom stereocenters. The third kappa shape index (κ3) is 3.74. The number of unbranched alkanes of at least 4 members (excludes halogenated alkanes) is 3. The summed E-state index contributed by atoms with van der Waals surface area (Å²) < 4.78 is 24.1. The van der Waals surface area contributed by atoms with Gasteiger partial charge in [-0.1, -0.05) is 26.2 Å². The van der Waals surface area contributed by atoms with Gasteiger partial charge in [0.15, 0.2) is 0 Å². The summed E-state index contributed by atoms with van der Waals surface area (Å²) in [5.41, 5.74) is 0.214. The molecule has 19 heavy (non-hydrogen) atoms. The molecule has 9 heteroatoms. The molecule has 0 unspecified atom stereocenters. The van der Waals surface area contributed by atoms with E-state index in [9.17, 15) is 18.5 Å². The monoisotopic (exact) mass is 290 g/mol. The Balaban J connectivity index is 3.06. The van der Waals surface area contributed by atoms with Crippen LogP contribution in [0.2, 0.25) is 0 Å². The van der Waals surface area contributed by atoms with Gasteiger partial charge in [-0.05, 0) is 18.3 Å². The van der Waals surface area contributed by atoms with Crippen LogP contribution in [0.25, 0.3) is 0 Å². The van der Waals surface area contributed by atoms with Crippen LogP contribution in [0.1, 0.15) is 38.3 Å². The predicted molar refractivity (Wildman–Crippen MR) is 69.1 cm³/mol. The third-order valence-corrected chi connectivity index (χ3v) is 3.86. The van der Waals surface area contributed by atoms with Crippen molar-refractivity contribution in [2.45, 2.75) is 51.0 Å². The zero-order chi connectivity index (χ0) is 14.6. The summed E-state index contributed by atoms with van der Waals surface area (Å²) in [5, 5.41) is 19.6.